The molecule has 0 fully saturated rings. The van der Waals surface area contributed by atoms with Gasteiger partial charge in [0.15, 0.2) is 0 Å². The van der Waals surface area contributed by atoms with Crippen molar-refractivity contribution >= 4 is 67.8 Å². The molecule has 5 nitrogen and oxygen atoms in total. The van der Waals surface area contributed by atoms with Gasteiger partial charge in [0.2, 0.25) is 0 Å². The van der Waals surface area contributed by atoms with Gasteiger partial charge < -0.3 is 5.32 Å². The number of hydrogen-bond acceptors (Lipinski definition) is 4. The van der Waals surface area contributed by atoms with Gasteiger partial charge in [-0.25, -0.2) is 5.43 Å². The number of rotatable bonds is 5. The van der Waals surface area contributed by atoms with Crippen LogP contribution in [0.15, 0.2) is 77.9 Å². The van der Waals surface area contributed by atoms with Crippen molar-refractivity contribution in [2.45, 2.75) is 6.92 Å². The van der Waals surface area contributed by atoms with Crippen LogP contribution in [0.5, 0.6) is 0 Å². The number of benzene rings is 3. The molecule has 8 heteroatoms. The molecule has 2 N–H and O–H groups in total. The van der Waals surface area contributed by atoms with Crippen LogP contribution in [0.4, 0.5) is 5.69 Å². The molecule has 160 valence electrons. The molecule has 0 spiro atoms. The third-order valence-electron chi connectivity index (χ3n) is 4.71. The van der Waals surface area contributed by atoms with Crippen molar-refractivity contribution in [3.63, 3.8) is 0 Å². The molecule has 0 bridgehead atoms. The Balaban J connectivity index is 1.47. The van der Waals surface area contributed by atoms with E-state index in [0.29, 0.717) is 31.9 Å². The lowest BCUT2D eigenvalue weighted by atomic mass is 10.1. The summed E-state index contributed by atoms with van der Waals surface area (Å²) in [6.45, 7) is 1.77. The fourth-order valence-corrected chi connectivity index (χ4v) is 4.57. The number of hydrazone groups is 1. The third kappa shape index (κ3) is 4.83. The normalized spacial score (nSPS) is 11.4. The Morgan fingerprint density at radius 3 is 2.38 bits per heavy atom. The van der Waals surface area contributed by atoms with Crippen LogP contribution in [0, 0.1) is 0 Å². The minimum absolute atomic E-state index is 0.249. The number of nitrogens with one attached hydrogen (secondary N) is 2. The standard InChI is InChI=1S/C24H17Cl2N3O2S/c1-14(28-29-24(31)22-21(26)19-7-2-3-8-20(19)32-22)16-5-4-6-18(13-16)27-23(30)15-9-11-17(25)12-10-15/h2-13H,1H3,(H,27,30)(H,29,31). The van der Waals surface area contributed by atoms with Crippen LogP contribution in [-0.4, -0.2) is 17.5 Å². The topological polar surface area (TPSA) is 70.6 Å². The van der Waals surface area contributed by atoms with Gasteiger partial charge in [0.1, 0.15) is 4.88 Å². The second-order valence-electron chi connectivity index (χ2n) is 6.92. The lowest BCUT2D eigenvalue weighted by Crippen LogP contribution is -2.18. The van der Waals surface area contributed by atoms with E-state index in [1.807, 2.05) is 30.3 Å². The molecule has 0 unspecified atom stereocenters. The first-order valence-electron chi connectivity index (χ1n) is 9.61. The average molecular weight is 482 g/mol. The maximum absolute atomic E-state index is 12.6. The zero-order valence-electron chi connectivity index (χ0n) is 16.9. The molecule has 0 saturated carbocycles. The first kappa shape index (κ1) is 22.0. The summed E-state index contributed by atoms with van der Waals surface area (Å²) < 4.78 is 0.937. The predicted octanol–water partition coefficient (Wildman–Crippen LogP) is 6.61. The Morgan fingerprint density at radius 2 is 1.62 bits per heavy atom. The highest BCUT2D eigenvalue weighted by atomic mass is 35.5. The molecule has 0 atom stereocenters. The number of amides is 2. The molecule has 0 radical (unpaired) electrons. The van der Waals surface area contributed by atoms with Crippen LogP contribution in [0.25, 0.3) is 10.1 Å². The zero-order valence-corrected chi connectivity index (χ0v) is 19.2. The Hall–Kier alpha value is -3.19. The Morgan fingerprint density at radius 1 is 0.875 bits per heavy atom. The summed E-state index contributed by atoms with van der Waals surface area (Å²) in [4.78, 5) is 25.4. The molecule has 32 heavy (non-hydrogen) atoms. The smallest absolute Gasteiger partial charge is 0.283 e. The van der Waals surface area contributed by atoms with Crippen LogP contribution < -0.4 is 10.7 Å². The average Bonchev–Trinajstić information content (AvgIpc) is 3.14. The predicted molar refractivity (Wildman–Crippen MR) is 132 cm³/mol. The molecule has 2 amide bonds. The van der Waals surface area contributed by atoms with Crippen LogP contribution in [0.1, 0.15) is 32.5 Å². The minimum atomic E-state index is -0.372. The highest BCUT2D eigenvalue weighted by molar-refractivity contribution is 7.21. The summed E-state index contributed by atoms with van der Waals surface area (Å²) in [6, 6.07) is 21.4. The van der Waals surface area contributed by atoms with Crippen molar-refractivity contribution in [3.05, 3.63) is 98.8 Å². The Kier molecular flexibility index (Phi) is 6.55. The first-order valence-corrected chi connectivity index (χ1v) is 11.2. The van der Waals surface area contributed by atoms with Gasteiger partial charge in [0.25, 0.3) is 11.8 Å². The number of halogens is 2. The quantitative estimate of drug-likeness (QED) is 0.248. The number of thiophene rings is 1. The fraction of sp³-hybridized carbons (Fsp3) is 0.0417. The lowest BCUT2D eigenvalue weighted by Gasteiger charge is -2.08. The number of fused-ring (bicyclic) bond motifs is 1. The van der Waals surface area contributed by atoms with Crippen molar-refractivity contribution in [1.82, 2.24) is 5.43 Å². The van der Waals surface area contributed by atoms with E-state index in [4.69, 9.17) is 23.2 Å². The van der Waals surface area contributed by atoms with E-state index in [1.165, 1.54) is 11.3 Å². The SMILES string of the molecule is CC(=NNC(=O)c1sc2ccccc2c1Cl)c1cccc(NC(=O)c2ccc(Cl)cc2)c1. The molecule has 3 aromatic carbocycles. The van der Waals surface area contributed by atoms with E-state index in [9.17, 15) is 9.59 Å². The van der Waals surface area contributed by atoms with Gasteiger partial charge in [-0.15, -0.1) is 11.3 Å². The first-order chi connectivity index (χ1) is 15.4. The number of nitrogens with zero attached hydrogens (tertiary/aromatic N) is 1. The van der Waals surface area contributed by atoms with Crippen LogP contribution in [0.3, 0.4) is 0 Å². The van der Waals surface area contributed by atoms with E-state index >= 15 is 0 Å². The van der Waals surface area contributed by atoms with Crippen molar-refractivity contribution in [2.75, 3.05) is 5.32 Å². The highest BCUT2D eigenvalue weighted by Crippen LogP contribution is 2.35. The minimum Gasteiger partial charge on any atom is -0.322 e. The largest absolute Gasteiger partial charge is 0.322 e. The van der Waals surface area contributed by atoms with E-state index in [1.54, 1.807) is 49.4 Å². The molecule has 0 aliphatic rings. The summed E-state index contributed by atoms with van der Waals surface area (Å²) >= 11 is 13.6. The van der Waals surface area contributed by atoms with Crippen molar-refractivity contribution in [3.8, 4) is 0 Å². The summed E-state index contributed by atoms with van der Waals surface area (Å²) in [5.74, 6) is -0.621. The van der Waals surface area contributed by atoms with E-state index in [0.717, 1.165) is 15.6 Å². The van der Waals surface area contributed by atoms with Gasteiger partial charge in [-0.1, -0.05) is 53.5 Å². The summed E-state index contributed by atoms with van der Waals surface area (Å²) in [5, 5.41) is 8.88. The highest BCUT2D eigenvalue weighted by Gasteiger charge is 2.16. The number of hydrogen-bond donors (Lipinski definition) is 2. The van der Waals surface area contributed by atoms with E-state index in [2.05, 4.69) is 15.8 Å². The molecule has 1 aromatic heterocycles. The number of carbonyl (C=O) groups is 2. The molecular weight excluding hydrogens is 465 g/mol. The molecule has 0 aliphatic heterocycles. The second kappa shape index (κ2) is 9.53. The van der Waals surface area contributed by atoms with Crippen LogP contribution >= 0.6 is 34.5 Å². The van der Waals surface area contributed by atoms with Gasteiger partial charge in [0.05, 0.1) is 10.7 Å². The van der Waals surface area contributed by atoms with Crippen LogP contribution in [0.2, 0.25) is 10.0 Å². The van der Waals surface area contributed by atoms with Gasteiger partial charge in [-0.2, -0.15) is 5.10 Å². The lowest BCUT2D eigenvalue weighted by molar-refractivity contribution is 0.0958. The second-order valence-corrected chi connectivity index (χ2v) is 8.79. The van der Waals surface area contributed by atoms with Gasteiger partial charge >= 0.3 is 0 Å². The molecule has 0 saturated heterocycles. The summed E-state index contributed by atoms with van der Waals surface area (Å²) in [5.41, 5.74) is 5.00. The van der Waals surface area contributed by atoms with Crippen molar-refractivity contribution in [1.29, 1.82) is 0 Å². The summed E-state index contributed by atoms with van der Waals surface area (Å²) in [7, 11) is 0. The van der Waals surface area contributed by atoms with Gasteiger partial charge in [-0.3, -0.25) is 9.59 Å². The maximum Gasteiger partial charge on any atom is 0.283 e. The zero-order chi connectivity index (χ0) is 22.7. The van der Waals surface area contributed by atoms with Gasteiger partial charge in [0, 0.05) is 26.4 Å². The number of anilines is 1. The van der Waals surface area contributed by atoms with Crippen molar-refractivity contribution in [2.24, 2.45) is 5.10 Å². The molecule has 4 rings (SSSR count). The Bertz CT molecular complexity index is 1350. The van der Waals surface area contributed by atoms with E-state index < -0.39 is 0 Å². The molecule has 1 heterocycles. The monoisotopic (exact) mass is 481 g/mol. The fourth-order valence-electron chi connectivity index (χ4n) is 3.04. The number of carbonyl (C=O) groups excluding carboxylic acids is 2. The molecular formula is C24H17Cl2N3O2S. The van der Waals surface area contributed by atoms with Crippen molar-refractivity contribution < 1.29 is 9.59 Å². The maximum atomic E-state index is 12.6. The van der Waals surface area contributed by atoms with Gasteiger partial charge in [-0.05, 0) is 55.0 Å². The molecule has 0 aliphatic carbocycles. The Labute approximate surface area is 198 Å². The summed E-state index contributed by atoms with van der Waals surface area (Å²) in [6.07, 6.45) is 0. The van der Waals surface area contributed by atoms with E-state index in [-0.39, 0.29) is 11.8 Å². The molecule has 4 aromatic rings. The third-order valence-corrected chi connectivity index (χ3v) is 6.64. The van der Waals surface area contributed by atoms with Crippen LogP contribution in [-0.2, 0) is 0 Å².